The first-order valence-corrected chi connectivity index (χ1v) is 6.79. The molecule has 0 radical (unpaired) electrons. The maximum absolute atomic E-state index is 9.98. The van der Waals surface area contributed by atoms with Crippen molar-refractivity contribution >= 4 is 11.2 Å². The molecule has 3 rings (SSSR count). The van der Waals surface area contributed by atoms with Gasteiger partial charge in [-0.2, -0.15) is 4.98 Å². The van der Waals surface area contributed by atoms with E-state index >= 15 is 0 Å². The van der Waals surface area contributed by atoms with Gasteiger partial charge >= 0.3 is 0 Å². The number of hydrogen-bond acceptors (Lipinski definition) is 4. The number of oxazole rings is 1. The van der Waals surface area contributed by atoms with E-state index in [0.717, 1.165) is 12.0 Å². The van der Waals surface area contributed by atoms with Crippen molar-refractivity contribution in [3.8, 4) is 11.5 Å². The fourth-order valence-electron chi connectivity index (χ4n) is 2.14. The van der Waals surface area contributed by atoms with E-state index < -0.39 is 6.10 Å². The van der Waals surface area contributed by atoms with E-state index in [2.05, 4.69) is 9.97 Å². The summed E-state index contributed by atoms with van der Waals surface area (Å²) in [4.78, 5) is 8.78. The number of pyridine rings is 1. The summed E-state index contributed by atoms with van der Waals surface area (Å²) < 4.78 is 5.69. The van der Waals surface area contributed by atoms with Crippen molar-refractivity contribution in [2.75, 3.05) is 0 Å². The predicted molar refractivity (Wildman–Crippen MR) is 77.1 cm³/mol. The topological polar surface area (TPSA) is 59.2 Å². The van der Waals surface area contributed by atoms with Crippen LogP contribution < -0.4 is 0 Å². The number of fused-ring (bicyclic) bond motifs is 1. The Labute approximate surface area is 117 Å². The molecule has 0 aliphatic rings. The summed E-state index contributed by atoms with van der Waals surface area (Å²) in [7, 11) is 0. The van der Waals surface area contributed by atoms with Crippen molar-refractivity contribution in [2.45, 2.75) is 25.9 Å². The van der Waals surface area contributed by atoms with Gasteiger partial charge in [0.05, 0.1) is 11.8 Å². The number of aliphatic hydroxyl groups excluding tert-OH is 1. The molecule has 1 N–H and O–H groups in total. The van der Waals surface area contributed by atoms with Crippen LogP contribution in [0.25, 0.3) is 22.7 Å². The van der Waals surface area contributed by atoms with Crippen molar-refractivity contribution in [2.24, 2.45) is 0 Å². The third-order valence-electron chi connectivity index (χ3n) is 3.20. The van der Waals surface area contributed by atoms with Crippen LogP contribution in [-0.4, -0.2) is 15.1 Å². The van der Waals surface area contributed by atoms with Gasteiger partial charge in [-0.25, -0.2) is 4.98 Å². The second-order valence-corrected chi connectivity index (χ2v) is 4.75. The summed E-state index contributed by atoms with van der Waals surface area (Å²) >= 11 is 0. The molecule has 0 aliphatic heterocycles. The number of hydrogen-bond donors (Lipinski definition) is 1. The van der Waals surface area contributed by atoms with E-state index in [0.29, 0.717) is 29.2 Å². The van der Waals surface area contributed by atoms with Crippen LogP contribution in [0, 0.1) is 0 Å². The van der Waals surface area contributed by atoms with Crippen LogP contribution in [0.1, 0.15) is 31.6 Å². The normalized spacial score (nSPS) is 12.7. The smallest absolute Gasteiger partial charge is 0.228 e. The first-order chi connectivity index (χ1) is 9.78. The predicted octanol–water partition coefficient (Wildman–Crippen LogP) is 3.72. The highest BCUT2D eigenvalue weighted by Crippen LogP contribution is 2.25. The number of rotatable bonds is 4. The minimum absolute atomic E-state index is 0.538. The van der Waals surface area contributed by atoms with E-state index in [4.69, 9.17) is 4.42 Å². The fraction of sp³-hybridized carbons (Fsp3) is 0.250. The average Bonchev–Trinajstić information content (AvgIpc) is 2.91. The van der Waals surface area contributed by atoms with Crippen molar-refractivity contribution in [3.63, 3.8) is 0 Å². The van der Waals surface area contributed by atoms with Crippen molar-refractivity contribution in [1.82, 2.24) is 9.97 Å². The van der Waals surface area contributed by atoms with Gasteiger partial charge in [-0.3, -0.25) is 0 Å². The van der Waals surface area contributed by atoms with Gasteiger partial charge in [0.2, 0.25) is 5.89 Å². The minimum Gasteiger partial charge on any atom is -0.434 e. The van der Waals surface area contributed by atoms with Crippen LogP contribution in [0.4, 0.5) is 0 Å². The third-order valence-corrected chi connectivity index (χ3v) is 3.20. The summed E-state index contributed by atoms with van der Waals surface area (Å²) in [6, 6.07) is 13.3. The van der Waals surface area contributed by atoms with Crippen molar-refractivity contribution in [1.29, 1.82) is 0 Å². The highest BCUT2D eigenvalue weighted by Gasteiger charge is 2.13. The third kappa shape index (κ3) is 2.42. The first-order valence-electron chi connectivity index (χ1n) is 6.79. The molecular formula is C16H16N2O2. The molecule has 3 aromatic rings. The van der Waals surface area contributed by atoms with E-state index in [-0.39, 0.29) is 0 Å². The van der Waals surface area contributed by atoms with Crippen LogP contribution in [0.2, 0.25) is 0 Å². The summed E-state index contributed by atoms with van der Waals surface area (Å²) in [5.74, 6) is 0.551. The number of aliphatic hydroxyl groups is 1. The highest BCUT2D eigenvalue weighted by molar-refractivity contribution is 5.72. The first kappa shape index (κ1) is 12.8. The van der Waals surface area contributed by atoms with Crippen molar-refractivity contribution < 1.29 is 9.52 Å². The van der Waals surface area contributed by atoms with Crippen LogP contribution >= 0.6 is 0 Å². The summed E-state index contributed by atoms with van der Waals surface area (Å²) in [6.07, 6.45) is 1.07. The van der Waals surface area contributed by atoms with Crippen LogP contribution in [0.3, 0.4) is 0 Å². The maximum atomic E-state index is 9.98. The molecule has 20 heavy (non-hydrogen) atoms. The van der Waals surface area contributed by atoms with E-state index in [9.17, 15) is 5.11 Å². The molecule has 0 fully saturated rings. The monoisotopic (exact) mass is 268 g/mol. The van der Waals surface area contributed by atoms with Gasteiger partial charge in [0, 0.05) is 5.56 Å². The second kappa shape index (κ2) is 5.43. The number of benzene rings is 1. The molecule has 4 nitrogen and oxygen atoms in total. The molecule has 0 aliphatic carbocycles. The van der Waals surface area contributed by atoms with E-state index in [1.165, 1.54) is 0 Å². The second-order valence-electron chi connectivity index (χ2n) is 4.75. The lowest BCUT2D eigenvalue weighted by molar-refractivity contribution is 0.162. The zero-order chi connectivity index (χ0) is 13.9. The number of nitrogens with zero attached hydrogens (tertiary/aromatic N) is 2. The summed E-state index contributed by atoms with van der Waals surface area (Å²) in [6.45, 7) is 2.03. The van der Waals surface area contributed by atoms with Gasteiger partial charge in [-0.15, -0.1) is 0 Å². The van der Waals surface area contributed by atoms with E-state index in [1.807, 2.05) is 43.3 Å². The summed E-state index contributed by atoms with van der Waals surface area (Å²) in [5.41, 5.74) is 2.74. The van der Waals surface area contributed by atoms with Gasteiger partial charge in [-0.1, -0.05) is 31.5 Å². The zero-order valence-corrected chi connectivity index (χ0v) is 11.3. The van der Waals surface area contributed by atoms with Gasteiger partial charge in [0.1, 0.15) is 0 Å². The van der Waals surface area contributed by atoms with Gasteiger partial charge in [0.25, 0.3) is 0 Å². The van der Waals surface area contributed by atoms with E-state index in [1.54, 1.807) is 6.07 Å². The van der Waals surface area contributed by atoms with Crippen LogP contribution in [-0.2, 0) is 0 Å². The minimum atomic E-state index is -0.540. The average molecular weight is 268 g/mol. The Morgan fingerprint density at radius 1 is 1.10 bits per heavy atom. The Hall–Kier alpha value is -2.20. The molecular weight excluding hydrogens is 252 g/mol. The van der Waals surface area contributed by atoms with Gasteiger partial charge in [-0.05, 0) is 30.7 Å². The lowest BCUT2D eigenvalue weighted by Gasteiger charge is -2.07. The Morgan fingerprint density at radius 3 is 2.65 bits per heavy atom. The van der Waals surface area contributed by atoms with Crippen LogP contribution in [0.5, 0.6) is 0 Å². The Morgan fingerprint density at radius 2 is 1.90 bits per heavy atom. The summed E-state index contributed by atoms with van der Waals surface area (Å²) in [5, 5.41) is 9.98. The quantitative estimate of drug-likeness (QED) is 0.783. The Bertz CT molecular complexity index is 707. The zero-order valence-electron chi connectivity index (χ0n) is 11.3. The molecule has 1 aromatic carbocycles. The fourth-order valence-corrected chi connectivity index (χ4v) is 2.14. The Kier molecular flexibility index (Phi) is 3.48. The lowest BCUT2D eigenvalue weighted by Crippen LogP contribution is -1.99. The molecule has 0 saturated carbocycles. The molecule has 0 amide bonds. The van der Waals surface area contributed by atoms with Crippen molar-refractivity contribution in [3.05, 3.63) is 48.2 Å². The Balaban J connectivity index is 1.99. The maximum Gasteiger partial charge on any atom is 0.228 e. The standard InChI is InChI=1S/C16H16N2O2/c1-2-6-13(19)12-9-10-14-15(17-12)18-16(20-14)11-7-4-3-5-8-11/h3-5,7-10,13,19H,2,6H2,1H3. The molecule has 0 saturated heterocycles. The lowest BCUT2D eigenvalue weighted by atomic mass is 10.1. The van der Waals surface area contributed by atoms with Gasteiger partial charge in [0.15, 0.2) is 11.2 Å². The molecule has 1 unspecified atom stereocenters. The van der Waals surface area contributed by atoms with Crippen LogP contribution in [0.15, 0.2) is 46.9 Å². The largest absolute Gasteiger partial charge is 0.434 e. The molecule has 1 atom stereocenters. The van der Waals surface area contributed by atoms with Gasteiger partial charge < -0.3 is 9.52 Å². The highest BCUT2D eigenvalue weighted by atomic mass is 16.3. The molecule has 102 valence electrons. The molecule has 4 heteroatoms. The number of aromatic nitrogens is 2. The molecule has 2 heterocycles. The molecule has 0 bridgehead atoms. The molecule has 2 aromatic heterocycles. The SMILES string of the molecule is CCCC(O)c1ccc2oc(-c3ccccc3)nc2n1. The molecule has 0 spiro atoms.